The van der Waals surface area contributed by atoms with Crippen molar-refractivity contribution in [1.82, 2.24) is 4.98 Å². The molecule has 4 nitrogen and oxygen atoms in total. The average Bonchev–Trinajstić information content (AvgIpc) is 2.85. The Kier molecular flexibility index (Phi) is 4.30. The highest BCUT2D eigenvalue weighted by Gasteiger charge is 2.21. The fourth-order valence-electron chi connectivity index (χ4n) is 1.58. The molecule has 0 spiro atoms. The first-order chi connectivity index (χ1) is 9.20. The molecule has 2 rings (SSSR count). The van der Waals surface area contributed by atoms with Crippen LogP contribution in [0.3, 0.4) is 0 Å². The Hall–Kier alpha value is -2.14. The highest BCUT2D eigenvalue weighted by Crippen LogP contribution is 2.29. The molecular formula is C14H13NO3S. The second-order valence-corrected chi connectivity index (χ2v) is 4.69. The summed E-state index contributed by atoms with van der Waals surface area (Å²) in [5.74, 6) is -0.891. The lowest BCUT2D eigenvalue weighted by Crippen LogP contribution is -2.11. The molecule has 1 unspecified atom stereocenters. The van der Waals surface area contributed by atoms with Crippen LogP contribution >= 0.6 is 11.3 Å². The Bertz CT molecular complexity index is 565. The number of benzene rings is 1. The van der Waals surface area contributed by atoms with E-state index in [-0.39, 0.29) is 0 Å². The topological polar surface area (TPSA) is 59.4 Å². The van der Waals surface area contributed by atoms with E-state index in [0.717, 1.165) is 0 Å². The van der Waals surface area contributed by atoms with Crippen molar-refractivity contribution < 1.29 is 14.6 Å². The van der Waals surface area contributed by atoms with Crippen LogP contribution in [0.5, 0.6) is 10.9 Å². The van der Waals surface area contributed by atoms with Crippen molar-refractivity contribution in [3.63, 3.8) is 0 Å². The minimum atomic E-state index is -0.906. The predicted molar refractivity (Wildman–Crippen MR) is 73.8 cm³/mol. The van der Waals surface area contributed by atoms with Crippen LogP contribution in [0, 0.1) is 0 Å². The van der Waals surface area contributed by atoms with Crippen molar-refractivity contribution in [3.05, 3.63) is 54.1 Å². The lowest BCUT2D eigenvalue weighted by atomic mass is 10.0. The lowest BCUT2D eigenvalue weighted by Gasteiger charge is -2.05. The normalized spacial score (nSPS) is 11.8. The summed E-state index contributed by atoms with van der Waals surface area (Å²) in [6, 6.07) is 9.26. The number of rotatable bonds is 6. The summed E-state index contributed by atoms with van der Waals surface area (Å²) in [6.07, 6.45) is 1.93. The molecular weight excluding hydrogens is 262 g/mol. The third-order valence-corrected chi connectivity index (χ3v) is 3.24. The second-order valence-electron chi connectivity index (χ2n) is 3.87. The maximum absolute atomic E-state index is 11.1. The Morgan fingerprint density at radius 3 is 2.84 bits per heavy atom. The maximum atomic E-state index is 11.1. The van der Waals surface area contributed by atoms with Gasteiger partial charge in [-0.25, -0.2) is 4.98 Å². The van der Waals surface area contributed by atoms with Crippen LogP contribution < -0.4 is 4.74 Å². The van der Waals surface area contributed by atoms with Gasteiger partial charge in [0, 0.05) is 5.38 Å². The largest absolute Gasteiger partial charge is 0.481 e. The summed E-state index contributed by atoms with van der Waals surface area (Å²) in [5.41, 5.74) is 0.503. The molecule has 0 aliphatic heterocycles. The van der Waals surface area contributed by atoms with Gasteiger partial charge in [0.05, 0.1) is 5.69 Å². The van der Waals surface area contributed by atoms with E-state index in [9.17, 15) is 4.79 Å². The number of nitrogens with zero attached hydrogens (tertiary/aromatic N) is 1. The number of hydrogen-bond donors (Lipinski definition) is 1. The standard InChI is InChI=1S/C14H13NO3S/c1-2-6-11(13(16)17)12-9-19-14(15-12)18-10-7-4-3-5-8-10/h2-5,7-9,11H,1,6H2,(H,16,17). The zero-order valence-electron chi connectivity index (χ0n) is 10.2. The van der Waals surface area contributed by atoms with E-state index < -0.39 is 11.9 Å². The number of aliphatic carboxylic acids is 1. The van der Waals surface area contributed by atoms with Crippen LogP contribution in [0.4, 0.5) is 0 Å². The first-order valence-corrected chi connectivity index (χ1v) is 6.60. The van der Waals surface area contributed by atoms with E-state index in [1.165, 1.54) is 11.3 Å². The molecule has 0 saturated carbocycles. The molecule has 19 heavy (non-hydrogen) atoms. The minimum absolute atomic E-state index is 0.351. The van der Waals surface area contributed by atoms with Crippen LogP contribution in [-0.2, 0) is 4.79 Å². The molecule has 1 aromatic heterocycles. The number of hydrogen-bond acceptors (Lipinski definition) is 4. The summed E-state index contributed by atoms with van der Waals surface area (Å²) in [6.45, 7) is 3.56. The van der Waals surface area contributed by atoms with Gasteiger partial charge in [-0.15, -0.1) is 6.58 Å². The van der Waals surface area contributed by atoms with Crippen LogP contribution in [0.25, 0.3) is 0 Å². The highest BCUT2D eigenvalue weighted by molar-refractivity contribution is 7.11. The number of ether oxygens (including phenoxy) is 1. The molecule has 0 amide bonds. The van der Waals surface area contributed by atoms with Crippen molar-refractivity contribution in [2.45, 2.75) is 12.3 Å². The summed E-state index contributed by atoms with van der Waals surface area (Å²) in [5, 5.41) is 11.3. The average molecular weight is 275 g/mol. The number of carboxylic acid groups (broad SMARTS) is 1. The van der Waals surface area contributed by atoms with Crippen LogP contribution in [0.15, 0.2) is 48.4 Å². The van der Waals surface area contributed by atoms with E-state index in [1.54, 1.807) is 11.5 Å². The first-order valence-electron chi connectivity index (χ1n) is 5.72. The van der Waals surface area contributed by atoms with E-state index in [4.69, 9.17) is 9.84 Å². The zero-order chi connectivity index (χ0) is 13.7. The van der Waals surface area contributed by atoms with Crippen molar-refractivity contribution in [1.29, 1.82) is 0 Å². The van der Waals surface area contributed by atoms with E-state index >= 15 is 0 Å². The maximum Gasteiger partial charge on any atom is 0.312 e. The molecule has 98 valence electrons. The summed E-state index contributed by atoms with van der Waals surface area (Å²) in [4.78, 5) is 15.3. The second kappa shape index (κ2) is 6.15. The fourth-order valence-corrected chi connectivity index (χ4v) is 2.32. The molecule has 1 N–H and O–H groups in total. The number of carbonyl (C=O) groups is 1. The van der Waals surface area contributed by atoms with Crippen molar-refractivity contribution in [2.75, 3.05) is 0 Å². The Morgan fingerprint density at radius 2 is 2.21 bits per heavy atom. The Balaban J connectivity index is 2.14. The summed E-state index contributed by atoms with van der Waals surface area (Å²) >= 11 is 1.29. The Labute approximate surface area is 115 Å². The van der Waals surface area contributed by atoms with E-state index in [1.807, 2.05) is 30.3 Å². The van der Waals surface area contributed by atoms with Crippen LogP contribution in [0.1, 0.15) is 18.0 Å². The molecule has 1 aromatic carbocycles. The van der Waals surface area contributed by atoms with Gasteiger partial charge in [-0.1, -0.05) is 35.6 Å². The minimum Gasteiger partial charge on any atom is -0.481 e. The van der Waals surface area contributed by atoms with Crippen LogP contribution in [0.2, 0.25) is 0 Å². The smallest absolute Gasteiger partial charge is 0.312 e. The fraction of sp³-hybridized carbons (Fsp3) is 0.143. The number of allylic oxidation sites excluding steroid dienone is 1. The van der Waals surface area contributed by atoms with E-state index in [0.29, 0.717) is 23.1 Å². The summed E-state index contributed by atoms with van der Waals surface area (Å²) in [7, 11) is 0. The van der Waals surface area contributed by atoms with Crippen LogP contribution in [-0.4, -0.2) is 16.1 Å². The molecule has 0 bridgehead atoms. The molecule has 0 saturated heterocycles. The lowest BCUT2D eigenvalue weighted by molar-refractivity contribution is -0.138. The molecule has 1 heterocycles. The molecule has 5 heteroatoms. The van der Waals surface area contributed by atoms with Crippen molar-refractivity contribution in [2.24, 2.45) is 0 Å². The van der Waals surface area contributed by atoms with Gasteiger partial charge < -0.3 is 9.84 Å². The number of carboxylic acids is 1. The number of aromatic nitrogens is 1. The molecule has 1 atom stereocenters. The van der Waals surface area contributed by atoms with Gasteiger partial charge >= 0.3 is 5.97 Å². The van der Waals surface area contributed by atoms with Gasteiger partial charge in [-0.05, 0) is 18.6 Å². The number of thiazole rings is 1. The molecule has 2 aromatic rings. The molecule has 0 aliphatic carbocycles. The van der Waals surface area contributed by atoms with Crippen molar-refractivity contribution >= 4 is 17.3 Å². The first kappa shape index (κ1) is 13.3. The van der Waals surface area contributed by atoms with Crippen molar-refractivity contribution in [3.8, 4) is 10.9 Å². The van der Waals surface area contributed by atoms with E-state index in [2.05, 4.69) is 11.6 Å². The summed E-state index contributed by atoms with van der Waals surface area (Å²) < 4.78 is 5.56. The van der Waals surface area contributed by atoms with Gasteiger partial charge in [-0.3, -0.25) is 4.79 Å². The Morgan fingerprint density at radius 1 is 1.47 bits per heavy atom. The SMILES string of the molecule is C=CCC(C(=O)O)c1csc(Oc2ccccc2)n1. The molecule has 0 radical (unpaired) electrons. The molecule has 0 aliphatic rings. The van der Waals surface area contributed by atoms with Gasteiger partial charge in [0.25, 0.3) is 5.19 Å². The van der Waals surface area contributed by atoms with Gasteiger partial charge in [0.1, 0.15) is 11.7 Å². The molecule has 0 fully saturated rings. The monoisotopic (exact) mass is 275 g/mol. The predicted octanol–water partition coefficient (Wildman–Crippen LogP) is 3.68. The third-order valence-electron chi connectivity index (χ3n) is 2.51. The quantitative estimate of drug-likeness (QED) is 0.817. The van der Waals surface area contributed by atoms with Gasteiger partial charge in [-0.2, -0.15) is 0 Å². The third kappa shape index (κ3) is 3.42. The zero-order valence-corrected chi connectivity index (χ0v) is 11.0. The highest BCUT2D eigenvalue weighted by atomic mass is 32.1. The van der Waals surface area contributed by atoms with Gasteiger partial charge in [0.15, 0.2) is 0 Å². The number of para-hydroxylation sites is 1. The van der Waals surface area contributed by atoms with Gasteiger partial charge in [0.2, 0.25) is 0 Å².